The Balaban J connectivity index is 0.893. The molecular formula is C45H73IN12O7S2. The Bertz CT molecular complexity index is 1680. The minimum Gasteiger partial charge on any atom is -0.378 e. The van der Waals surface area contributed by atoms with Crippen molar-refractivity contribution in [3.63, 3.8) is 0 Å². The first-order valence-corrected chi connectivity index (χ1v) is 27.2. The van der Waals surface area contributed by atoms with Crippen LogP contribution in [0.15, 0.2) is 24.3 Å². The molecule has 0 spiro atoms. The van der Waals surface area contributed by atoms with Crippen LogP contribution in [-0.2, 0) is 28.7 Å². The Morgan fingerprint density at radius 1 is 0.612 bits per heavy atom. The zero-order valence-electron chi connectivity index (χ0n) is 38.7. The summed E-state index contributed by atoms with van der Waals surface area (Å²) in [6.07, 6.45) is 9.51. The Kier molecular flexibility index (Phi) is 25.0. The van der Waals surface area contributed by atoms with Crippen molar-refractivity contribution in [2.75, 3.05) is 90.3 Å². The lowest BCUT2D eigenvalue weighted by atomic mass is 10.0. The number of halogens is 1. The Hall–Kier alpha value is -3.58. The first-order chi connectivity index (χ1) is 32.5. The van der Waals surface area contributed by atoms with Crippen LogP contribution >= 0.6 is 46.1 Å². The molecule has 1 aromatic carbocycles. The summed E-state index contributed by atoms with van der Waals surface area (Å²) in [4.78, 5) is 64.8. The topological polar surface area (TPSA) is 263 Å². The van der Waals surface area contributed by atoms with Crippen LogP contribution in [0.4, 0.5) is 0 Å². The number of unbranched alkanes of at least 4 members (excludes halogenated alkanes) is 4. The fourth-order valence-electron chi connectivity index (χ4n) is 8.42. The highest BCUT2D eigenvalue weighted by atomic mass is 127. The number of nitrogens with one attached hydrogen (secondary N) is 11. The fraction of sp³-hybridized carbons (Fsp3) is 0.711. The normalized spacial score (nSPS) is 21.4. The number of amides is 5. The third kappa shape index (κ3) is 20.9. The minimum atomic E-state index is -0.203. The lowest BCUT2D eigenvalue weighted by Crippen LogP contribution is -2.44. The predicted molar refractivity (Wildman–Crippen MR) is 273 cm³/mol. The van der Waals surface area contributed by atoms with E-state index in [1.54, 1.807) is 11.0 Å². The fourth-order valence-corrected chi connectivity index (χ4v) is 12.0. The Labute approximate surface area is 417 Å². The Morgan fingerprint density at radius 3 is 1.61 bits per heavy atom. The molecule has 67 heavy (non-hydrogen) atoms. The molecule has 4 saturated heterocycles. The van der Waals surface area contributed by atoms with Crippen molar-refractivity contribution in [1.29, 1.82) is 10.8 Å². The van der Waals surface area contributed by atoms with Crippen molar-refractivity contribution in [3.05, 3.63) is 33.4 Å². The second kappa shape index (κ2) is 30.8. The van der Waals surface area contributed by atoms with E-state index < -0.39 is 0 Å². The van der Waals surface area contributed by atoms with E-state index in [1.165, 1.54) is 0 Å². The molecule has 5 rings (SSSR count). The summed E-state index contributed by atoms with van der Waals surface area (Å²) in [6, 6.07) is 8.63. The van der Waals surface area contributed by atoms with Gasteiger partial charge in [0.15, 0.2) is 11.9 Å². The smallest absolute Gasteiger partial charge is 0.251 e. The van der Waals surface area contributed by atoms with E-state index in [4.69, 9.17) is 20.3 Å². The van der Waals surface area contributed by atoms with E-state index in [9.17, 15) is 24.0 Å². The maximum atomic E-state index is 13.0. The molecule has 1 aromatic rings. The van der Waals surface area contributed by atoms with E-state index in [0.29, 0.717) is 137 Å². The summed E-state index contributed by atoms with van der Waals surface area (Å²) in [5.41, 5.74) is 0.598. The van der Waals surface area contributed by atoms with Gasteiger partial charge in [-0.1, -0.05) is 18.9 Å². The predicted octanol–water partition coefficient (Wildman–Crippen LogP) is 1.46. The van der Waals surface area contributed by atoms with Gasteiger partial charge in [-0.05, 0) is 92.2 Å². The summed E-state index contributed by atoms with van der Waals surface area (Å²) in [7, 11) is 0. The van der Waals surface area contributed by atoms with E-state index in [0.717, 1.165) is 66.4 Å². The summed E-state index contributed by atoms with van der Waals surface area (Å²) in [5, 5.41) is 44.0. The summed E-state index contributed by atoms with van der Waals surface area (Å²) >= 11 is 6.04. The minimum absolute atomic E-state index is 0.0193. The zero-order valence-corrected chi connectivity index (χ0v) is 42.4. The number of hydrogen-bond donors (Lipinski definition) is 11. The zero-order chi connectivity index (χ0) is 47.6. The van der Waals surface area contributed by atoms with Gasteiger partial charge in [-0.3, -0.25) is 39.7 Å². The number of hydrogen-bond acceptors (Lipinski definition) is 12. The quantitative estimate of drug-likeness (QED) is 0.0345. The van der Waals surface area contributed by atoms with Crippen LogP contribution in [-0.4, -0.2) is 171 Å². The van der Waals surface area contributed by atoms with Crippen LogP contribution in [0.5, 0.6) is 0 Å². The molecule has 0 saturated carbocycles. The molecule has 6 atom stereocenters. The molecule has 0 radical (unpaired) electrons. The van der Waals surface area contributed by atoms with Gasteiger partial charge >= 0.3 is 0 Å². The van der Waals surface area contributed by atoms with Crippen LogP contribution in [0.3, 0.4) is 0 Å². The average Bonchev–Trinajstić information content (AvgIpc) is 4.07. The van der Waals surface area contributed by atoms with E-state index in [1.807, 2.05) is 41.7 Å². The molecule has 0 aliphatic carbocycles. The van der Waals surface area contributed by atoms with E-state index in [2.05, 4.69) is 70.4 Å². The van der Waals surface area contributed by atoms with Crippen LogP contribution in [0.25, 0.3) is 0 Å². The van der Waals surface area contributed by atoms with Gasteiger partial charge in [0.05, 0.1) is 63.7 Å². The number of fused-ring (bicyclic) bond motifs is 2. The first kappa shape index (κ1) is 54.4. The highest BCUT2D eigenvalue weighted by molar-refractivity contribution is 14.1. The SMILES string of the molecule is N=C1N[C@H]2[C@H](CS[C@H]2CCCCC(=O)NCCCCNC(=O)CN(CCOCCOCCNC(=O)c2cccc(I)c2)CC(=O)NCCCCNC(=O)CCCC[C@@H]2SC[C@@H]3NC(=N)N[C@@H]32)N1. The van der Waals surface area contributed by atoms with Crippen LogP contribution in [0, 0.1) is 14.4 Å². The number of nitrogens with zero attached hydrogens (tertiary/aromatic N) is 1. The van der Waals surface area contributed by atoms with Crippen molar-refractivity contribution in [1.82, 2.24) is 52.8 Å². The highest BCUT2D eigenvalue weighted by Gasteiger charge is 2.42. The molecule has 0 bridgehead atoms. The molecule has 11 N–H and O–H groups in total. The number of benzene rings is 1. The van der Waals surface area contributed by atoms with Crippen LogP contribution < -0.4 is 47.9 Å². The van der Waals surface area contributed by atoms with Crippen molar-refractivity contribution in [2.45, 2.75) is 112 Å². The standard InChI is InChI=1S/C45H73IN12O7S2/c46-32-11-9-10-31(26-32)43(63)53-20-22-64-24-25-65-23-21-58(27-39(61)51-18-7-5-16-49-37(59)14-3-1-12-35-41-33(29-66-35)54-44(47)56-41)28-40(62)52-19-8-6-17-50-38(60)15-4-2-13-36-42-34(30-67-36)55-45(48)57-42/h9-11,26,33-36,41-42H,1-8,12-25,27-30H2,(H,49,59)(H,50,60)(H,51,61)(H,52,62)(H,53,63)(H3,47,54,56)(H3,48,55,57)/t33-,34-,35-,36-,41-,42-/m0/s1. The van der Waals surface area contributed by atoms with Gasteiger partial charge in [-0.2, -0.15) is 23.5 Å². The van der Waals surface area contributed by atoms with Crippen molar-refractivity contribution >= 4 is 87.6 Å². The lowest BCUT2D eigenvalue weighted by molar-refractivity contribution is -0.126. The first-order valence-electron chi connectivity index (χ1n) is 24.0. The molecule has 4 heterocycles. The molecule has 0 aromatic heterocycles. The molecule has 22 heteroatoms. The highest BCUT2D eigenvalue weighted by Crippen LogP contribution is 2.34. The number of guanidine groups is 2. The van der Waals surface area contributed by atoms with Gasteiger partial charge in [-0.15, -0.1) is 0 Å². The number of ether oxygens (including phenoxy) is 2. The molecule has 4 aliphatic heterocycles. The van der Waals surface area contributed by atoms with Gasteiger partial charge in [0.1, 0.15) is 0 Å². The van der Waals surface area contributed by atoms with Crippen LogP contribution in [0.2, 0.25) is 0 Å². The molecule has 5 amide bonds. The van der Waals surface area contributed by atoms with Gasteiger partial charge in [0.2, 0.25) is 23.6 Å². The number of carbonyl (C=O) groups is 5. The average molecular weight is 1090 g/mol. The number of rotatable bonds is 34. The second-order valence-electron chi connectivity index (χ2n) is 17.3. The lowest BCUT2D eigenvalue weighted by Gasteiger charge is -2.21. The number of thioether (sulfide) groups is 2. The third-order valence-electron chi connectivity index (χ3n) is 12.0. The molecule has 4 fully saturated rings. The molecular weight excluding hydrogens is 1010 g/mol. The maximum Gasteiger partial charge on any atom is 0.251 e. The number of carbonyl (C=O) groups excluding carboxylic acids is 5. The second-order valence-corrected chi connectivity index (χ2v) is 21.1. The van der Waals surface area contributed by atoms with Gasteiger partial charge in [0, 0.05) is 83.2 Å². The van der Waals surface area contributed by atoms with Gasteiger partial charge in [0.25, 0.3) is 5.91 Å². The monoisotopic (exact) mass is 1080 g/mol. The van der Waals surface area contributed by atoms with Crippen molar-refractivity contribution in [3.8, 4) is 0 Å². The third-order valence-corrected chi connectivity index (χ3v) is 15.7. The largest absolute Gasteiger partial charge is 0.378 e. The molecule has 374 valence electrons. The van der Waals surface area contributed by atoms with E-state index >= 15 is 0 Å². The molecule has 0 unspecified atom stereocenters. The maximum absolute atomic E-state index is 13.0. The van der Waals surface area contributed by atoms with Crippen molar-refractivity contribution < 1.29 is 33.4 Å². The molecule has 4 aliphatic rings. The summed E-state index contributed by atoms with van der Waals surface area (Å²) in [6.45, 7) is 4.01. The van der Waals surface area contributed by atoms with E-state index in [-0.39, 0.29) is 49.2 Å². The van der Waals surface area contributed by atoms with Gasteiger partial charge in [-0.25, -0.2) is 0 Å². The van der Waals surface area contributed by atoms with Crippen LogP contribution in [0.1, 0.15) is 87.4 Å². The molecule has 19 nitrogen and oxygen atoms in total. The summed E-state index contributed by atoms with van der Waals surface area (Å²) < 4.78 is 12.4. The summed E-state index contributed by atoms with van der Waals surface area (Å²) in [5.74, 6) is 2.36. The Morgan fingerprint density at radius 2 is 1.10 bits per heavy atom. The van der Waals surface area contributed by atoms with Gasteiger partial charge < -0.3 is 57.3 Å². The van der Waals surface area contributed by atoms with Crippen molar-refractivity contribution in [2.24, 2.45) is 0 Å².